The second-order valence-electron chi connectivity index (χ2n) is 11.0. The lowest BCUT2D eigenvalue weighted by molar-refractivity contribution is -0.0294. The average Bonchev–Trinajstić information content (AvgIpc) is 3.55. The van der Waals surface area contributed by atoms with Gasteiger partial charge in [0.15, 0.2) is 0 Å². The van der Waals surface area contributed by atoms with Crippen molar-refractivity contribution in [2.75, 3.05) is 38.7 Å². The van der Waals surface area contributed by atoms with E-state index in [-0.39, 0.29) is 10.5 Å². The molecule has 2 fully saturated rings. The van der Waals surface area contributed by atoms with Crippen molar-refractivity contribution in [3.63, 3.8) is 0 Å². The molecule has 2 aliphatic heterocycles. The summed E-state index contributed by atoms with van der Waals surface area (Å²) in [5, 5.41) is 17.4. The first-order valence-corrected chi connectivity index (χ1v) is 17.5. The van der Waals surface area contributed by atoms with Crippen molar-refractivity contribution < 1.29 is 16.8 Å². The first kappa shape index (κ1) is 27.2. The van der Waals surface area contributed by atoms with Gasteiger partial charge in [-0.15, -0.1) is 10.2 Å². The number of hydrogen-bond donors (Lipinski definition) is 0. The molecule has 2 aliphatic rings. The lowest BCUT2D eigenvalue weighted by Gasteiger charge is -2.45. The molecule has 0 bridgehead atoms. The third-order valence-corrected chi connectivity index (χ3v) is 11.8. The van der Waals surface area contributed by atoms with Gasteiger partial charge in [-0.3, -0.25) is 9.80 Å². The zero-order valence-electron chi connectivity index (χ0n) is 22.6. The van der Waals surface area contributed by atoms with Gasteiger partial charge in [-0.1, -0.05) is 34.7 Å². The Hall–Kier alpha value is -2.94. The maximum Gasteiger partial charge on any atom is 0.150 e. The van der Waals surface area contributed by atoms with Gasteiger partial charge >= 0.3 is 0 Å². The number of piperidine rings is 2. The van der Waals surface area contributed by atoms with Crippen molar-refractivity contribution in [1.82, 2.24) is 39.8 Å². The Kier molecular flexibility index (Phi) is 7.13. The van der Waals surface area contributed by atoms with Gasteiger partial charge in [0.05, 0.1) is 21.5 Å². The van der Waals surface area contributed by atoms with Gasteiger partial charge in [0.25, 0.3) is 0 Å². The fourth-order valence-corrected chi connectivity index (χ4v) is 8.38. The minimum absolute atomic E-state index is 0.381. The monoisotopic (exact) mass is 586 g/mol. The van der Waals surface area contributed by atoms with Crippen LogP contribution in [0.5, 0.6) is 0 Å². The number of nitrogens with zero attached hydrogens (tertiary/aromatic N) is 8. The highest BCUT2D eigenvalue weighted by molar-refractivity contribution is 7.91. The normalized spacial score (nSPS) is 20.8. The number of benzene rings is 2. The third-order valence-electron chi connectivity index (χ3n) is 8.43. The van der Waals surface area contributed by atoms with Gasteiger partial charge in [-0.2, -0.15) is 0 Å². The summed E-state index contributed by atoms with van der Waals surface area (Å²) >= 11 is 0. The van der Waals surface area contributed by atoms with E-state index >= 15 is 0 Å². The van der Waals surface area contributed by atoms with Crippen LogP contribution >= 0.6 is 0 Å². The Morgan fingerprint density at radius 2 is 0.975 bits per heavy atom. The second kappa shape index (κ2) is 10.5. The first-order valence-electron chi connectivity index (χ1n) is 13.6. The van der Waals surface area contributed by atoms with Crippen LogP contribution < -0.4 is 0 Å². The Morgan fingerprint density at radius 3 is 1.32 bits per heavy atom. The topological polar surface area (TPSA) is 136 Å². The van der Waals surface area contributed by atoms with Crippen LogP contribution in [-0.4, -0.2) is 106 Å². The molecule has 2 unspecified atom stereocenters. The number of fused-ring (bicyclic) bond motifs is 2. The summed E-state index contributed by atoms with van der Waals surface area (Å²) in [5.41, 5.74) is 3.24. The van der Waals surface area contributed by atoms with Crippen molar-refractivity contribution >= 4 is 41.7 Å². The molecular formula is C26H34N8O4S2. The van der Waals surface area contributed by atoms with Gasteiger partial charge < -0.3 is 0 Å². The maximum absolute atomic E-state index is 12.4. The summed E-state index contributed by atoms with van der Waals surface area (Å²) in [6.07, 6.45) is 3.90. The molecule has 2 atom stereocenters. The lowest BCUT2D eigenvalue weighted by Crippen LogP contribution is -2.52. The van der Waals surface area contributed by atoms with E-state index in [0.29, 0.717) is 51.9 Å². The van der Waals surface area contributed by atoms with E-state index in [0.717, 1.165) is 22.1 Å². The minimum atomic E-state index is -3.15. The van der Waals surface area contributed by atoms with Crippen LogP contribution in [0.3, 0.4) is 0 Å². The Morgan fingerprint density at radius 1 is 0.625 bits per heavy atom. The maximum atomic E-state index is 12.4. The zero-order chi connectivity index (χ0) is 28.1. The molecular weight excluding hydrogens is 552 g/mol. The van der Waals surface area contributed by atoms with E-state index in [1.807, 2.05) is 57.9 Å². The van der Waals surface area contributed by atoms with E-state index in [1.165, 1.54) is 12.5 Å². The quantitative estimate of drug-likeness (QED) is 0.316. The van der Waals surface area contributed by atoms with Crippen LogP contribution in [0.4, 0.5) is 0 Å². The van der Waals surface area contributed by atoms with E-state index in [4.69, 9.17) is 0 Å². The first-order chi connectivity index (χ1) is 19.1. The van der Waals surface area contributed by atoms with Crippen molar-refractivity contribution in [2.24, 2.45) is 0 Å². The van der Waals surface area contributed by atoms with Crippen LogP contribution in [-0.2, 0) is 19.7 Å². The fourth-order valence-electron chi connectivity index (χ4n) is 6.24. The SMILES string of the molecule is CS(=O)(=O)C1CCN(C(C(N2CCC(S(C)(=O)=O)CC2)n2nnc3ccccc32)n2nnc3ccccc32)CC1. The summed E-state index contributed by atoms with van der Waals surface area (Å²) in [6.45, 7) is 2.22. The number of aromatic nitrogens is 6. The van der Waals surface area contributed by atoms with Gasteiger partial charge in [0.2, 0.25) is 0 Å². The van der Waals surface area contributed by atoms with E-state index in [2.05, 4.69) is 30.4 Å². The number of likely N-dealkylation sites (tertiary alicyclic amines) is 2. The molecule has 4 aromatic rings. The standard InChI is InChI=1S/C26H34N8O4S2/c1-39(35,36)19-11-15-31(16-12-19)25(33-23-9-5-3-7-21(23)27-29-33)26(32-17-13-20(14-18-32)40(2,37)38)34-24-10-6-4-8-22(24)28-30-34/h3-10,19-20,25-26H,11-18H2,1-2H3. The lowest BCUT2D eigenvalue weighted by atomic mass is 10.1. The molecule has 0 N–H and O–H groups in total. The molecule has 2 aromatic carbocycles. The Balaban J connectivity index is 1.47. The van der Waals surface area contributed by atoms with Gasteiger partial charge in [-0.05, 0) is 49.9 Å². The van der Waals surface area contributed by atoms with Crippen LogP contribution in [0.1, 0.15) is 38.0 Å². The van der Waals surface area contributed by atoms with Crippen molar-refractivity contribution in [3.8, 4) is 0 Å². The minimum Gasteiger partial charge on any atom is -0.279 e. The highest BCUT2D eigenvalue weighted by Gasteiger charge is 2.42. The van der Waals surface area contributed by atoms with Crippen LogP contribution in [0.2, 0.25) is 0 Å². The predicted molar refractivity (Wildman–Crippen MR) is 152 cm³/mol. The molecule has 4 heterocycles. The van der Waals surface area contributed by atoms with Crippen molar-refractivity contribution in [3.05, 3.63) is 48.5 Å². The average molecular weight is 587 g/mol. The van der Waals surface area contributed by atoms with Gasteiger partial charge in [0.1, 0.15) is 43.0 Å². The Bertz CT molecular complexity index is 1590. The molecule has 214 valence electrons. The molecule has 0 amide bonds. The molecule has 0 spiro atoms. The van der Waals surface area contributed by atoms with Crippen LogP contribution in [0, 0.1) is 0 Å². The summed E-state index contributed by atoms with van der Waals surface area (Å²) in [6, 6.07) is 15.6. The van der Waals surface area contributed by atoms with Crippen LogP contribution in [0.25, 0.3) is 22.1 Å². The molecule has 2 saturated heterocycles. The Labute approximate surface area is 233 Å². The number of para-hydroxylation sites is 2. The van der Waals surface area contributed by atoms with E-state index in [1.54, 1.807) is 0 Å². The van der Waals surface area contributed by atoms with Gasteiger partial charge in [-0.25, -0.2) is 26.2 Å². The number of sulfone groups is 2. The van der Waals surface area contributed by atoms with Crippen molar-refractivity contribution in [2.45, 2.75) is 48.5 Å². The van der Waals surface area contributed by atoms with E-state index < -0.39 is 32.0 Å². The summed E-state index contributed by atoms with van der Waals surface area (Å²) in [5.74, 6) is 0. The smallest absolute Gasteiger partial charge is 0.150 e. The second-order valence-corrected chi connectivity index (χ2v) is 15.7. The largest absolute Gasteiger partial charge is 0.279 e. The highest BCUT2D eigenvalue weighted by atomic mass is 32.2. The number of rotatable bonds is 7. The zero-order valence-corrected chi connectivity index (χ0v) is 24.2. The molecule has 0 radical (unpaired) electrons. The molecule has 0 aliphatic carbocycles. The summed E-state index contributed by atoms with van der Waals surface area (Å²) in [7, 11) is -6.31. The molecule has 0 saturated carbocycles. The van der Waals surface area contributed by atoms with Crippen LogP contribution in [0.15, 0.2) is 48.5 Å². The number of hydrogen-bond acceptors (Lipinski definition) is 10. The van der Waals surface area contributed by atoms with Gasteiger partial charge in [0, 0.05) is 38.7 Å². The highest BCUT2D eigenvalue weighted by Crippen LogP contribution is 2.38. The predicted octanol–water partition coefficient (Wildman–Crippen LogP) is 1.89. The van der Waals surface area contributed by atoms with E-state index in [9.17, 15) is 16.8 Å². The molecule has 40 heavy (non-hydrogen) atoms. The molecule has 2 aromatic heterocycles. The molecule has 12 nitrogen and oxygen atoms in total. The fraction of sp³-hybridized carbons (Fsp3) is 0.538. The third kappa shape index (κ3) is 5.13. The molecule has 14 heteroatoms. The summed E-state index contributed by atoms with van der Waals surface area (Å²) < 4.78 is 53.3. The van der Waals surface area contributed by atoms with Crippen molar-refractivity contribution in [1.29, 1.82) is 0 Å². The summed E-state index contributed by atoms with van der Waals surface area (Å²) in [4.78, 5) is 4.54. The molecule has 6 rings (SSSR count).